The number of para-hydroxylation sites is 1. The summed E-state index contributed by atoms with van der Waals surface area (Å²) in [7, 11) is 0. The Morgan fingerprint density at radius 1 is 0.913 bits per heavy atom. The molecular weight excluding hydrogens is 337 g/mol. The molecule has 0 spiro atoms. The van der Waals surface area contributed by atoms with Gasteiger partial charge in [0.2, 0.25) is 10.9 Å². The van der Waals surface area contributed by atoms with Gasteiger partial charge in [-0.1, -0.05) is 23.5 Å². The first-order valence-corrected chi connectivity index (χ1v) is 6.96. The summed E-state index contributed by atoms with van der Waals surface area (Å²) in [5.74, 6) is -10.2. The van der Waals surface area contributed by atoms with Crippen LogP contribution in [0.4, 0.5) is 27.1 Å². The van der Waals surface area contributed by atoms with Gasteiger partial charge in [-0.2, -0.15) is 5.10 Å². The average molecular weight is 343 g/mol. The Kier molecular flexibility index (Phi) is 3.95. The predicted octanol–water partition coefficient (Wildman–Crippen LogP) is 4.44. The predicted molar refractivity (Wildman–Crippen MR) is 77.1 cm³/mol. The highest BCUT2D eigenvalue weighted by Crippen LogP contribution is 2.25. The Morgan fingerprint density at radius 3 is 2.17 bits per heavy atom. The summed E-state index contributed by atoms with van der Waals surface area (Å²) in [6.45, 7) is 0. The van der Waals surface area contributed by atoms with Gasteiger partial charge in [0.05, 0.1) is 22.0 Å². The van der Waals surface area contributed by atoms with Gasteiger partial charge in [0.1, 0.15) is 0 Å². The lowest BCUT2D eigenvalue weighted by Gasteiger charge is -2.03. The Bertz CT molecular complexity index is 860. The van der Waals surface area contributed by atoms with Crippen LogP contribution >= 0.6 is 11.3 Å². The number of nitrogens with one attached hydrogen (secondary N) is 1. The zero-order chi connectivity index (χ0) is 16.6. The zero-order valence-electron chi connectivity index (χ0n) is 11.1. The van der Waals surface area contributed by atoms with E-state index in [1.54, 1.807) is 12.1 Å². The Hall–Kier alpha value is -2.55. The number of anilines is 1. The van der Waals surface area contributed by atoms with Crippen LogP contribution in [0.5, 0.6) is 0 Å². The molecule has 3 rings (SSSR count). The molecule has 3 aromatic rings. The maximum Gasteiger partial charge on any atom is 0.204 e. The normalized spacial score (nSPS) is 11.5. The molecule has 9 heteroatoms. The molecule has 1 N–H and O–H groups in total. The topological polar surface area (TPSA) is 37.3 Å². The lowest BCUT2D eigenvalue weighted by Crippen LogP contribution is -2.07. The quantitative estimate of drug-likeness (QED) is 0.251. The van der Waals surface area contributed by atoms with Crippen molar-refractivity contribution < 1.29 is 22.0 Å². The van der Waals surface area contributed by atoms with E-state index in [4.69, 9.17) is 0 Å². The first-order chi connectivity index (χ1) is 11.0. The van der Waals surface area contributed by atoms with Crippen molar-refractivity contribution in [1.82, 2.24) is 4.98 Å². The number of fused-ring (bicyclic) bond motifs is 1. The Labute approximate surface area is 130 Å². The molecule has 0 aliphatic rings. The number of halogens is 5. The monoisotopic (exact) mass is 343 g/mol. The molecule has 0 saturated carbocycles. The standard InChI is InChI=1S/C14H6F5N3S/c15-9-6(10(16)12(18)13(19)11(9)17)5-20-22-14-21-7-3-1-2-4-8(7)23-14/h1-5H,(H,21,22)/b20-5+. The summed E-state index contributed by atoms with van der Waals surface area (Å²) in [6, 6.07) is 7.16. The lowest BCUT2D eigenvalue weighted by molar-refractivity contribution is 0.377. The van der Waals surface area contributed by atoms with E-state index in [-0.39, 0.29) is 0 Å². The lowest BCUT2D eigenvalue weighted by atomic mass is 10.2. The summed E-state index contributed by atoms with van der Waals surface area (Å²) in [6.07, 6.45) is 0.516. The molecule has 1 heterocycles. The molecule has 23 heavy (non-hydrogen) atoms. The van der Waals surface area contributed by atoms with Crippen LogP contribution < -0.4 is 5.43 Å². The third kappa shape index (κ3) is 2.74. The summed E-state index contributed by atoms with van der Waals surface area (Å²) in [5.41, 5.74) is 1.95. The molecule has 0 aliphatic carbocycles. The second kappa shape index (κ2) is 5.92. The van der Waals surface area contributed by atoms with Gasteiger partial charge in [-0.15, -0.1) is 0 Å². The van der Waals surface area contributed by atoms with E-state index in [9.17, 15) is 22.0 Å². The second-order valence-corrected chi connectivity index (χ2v) is 5.37. The Morgan fingerprint density at radius 2 is 1.52 bits per heavy atom. The van der Waals surface area contributed by atoms with Crippen LogP contribution in [0, 0.1) is 29.1 Å². The number of benzene rings is 2. The number of nitrogens with zero attached hydrogens (tertiary/aromatic N) is 2. The fourth-order valence-electron chi connectivity index (χ4n) is 1.81. The smallest absolute Gasteiger partial charge is 0.204 e. The summed E-state index contributed by atoms with van der Waals surface area (Å²) < 4.78 is 66.7. The minimum absolute atomic E-state index is 0.311. The molecule has 0 aliphatic heterocycles. The van der Waals surface area contributed by atoms with Crippen molar-refractivity contribution in [3.05, 3.63) is 58.9 Å². The highest BCUT2D eigenvalue weighted by Gasteiger charge is 2.24. The fraction of sp³-hybridized carbons (Fsp3) is 0. The molecule has 0 bridgehead atoms. The van der Waals surface area contributed by atoms with Gasteiger partial charge in [-0.05, 0) is 12.1 Å². The van der Waals surface area contributed by atoms with Gasteiger partial charge in [-0.3, -0.25) is 5.43 Å². The van der Waals surface area contributed by atoms with E-state index in [1.807, 2.05) is 12.1 Å². The molecule has 0 radical (unpaired) electrons. The van der Waals surface area contributed by atoms with Crippen LogP contribution in [0.25, 0.3) is 10.2 Å². The molecule has 0 amide bonds. The Balaban J connectivity index is 1.88. The van der Waals surface area contributed by atoms with Gasteiger partial charge < -0.3 is 0 Å². The van der Waals surface area contributed by atoms with Crippen LogP contribution in [0.15, 0.2) is 29.4 Å². The van der Waals surface area contributed by atoms with Gasteiger partial charge >= 0.3 is 0 Å². The largest absolute Gasteiger partial charge is 0.253 e. The molecule has 0 unspecified atom stereocenters. The van der Waals surface area contributed by atoms with E-state index < -0.39 is 34.6 Å². The van der Waals surface area contributed by atoms with Crippen molar-refractivity contribution in [2.75, 3.05) is 5.43 Å². The van der Waals surface area contributed by atoms with Crippen LogP contribution in [-0.2, 0) is 0 Å². The highest BCUT2D eigenvalue weighted by molar-refractivity contribution is 7.22. The van der Waals surface area contributed by atoms with Crippen LogP contribution in [0.1, 0.15) is 5.56 Å². The number of rotatable bonds is 3. The first-order valence-electron chi connectivity index (χ1n) is 6.15. The summed E-state index contributed by atoms with van der Waals surface area (Å²) >= 11 is 1.22. The number of thiazole rings is 1. The molecular formula is C14H6F5N3S. The van der Waals surface area contributed by atoms with E-state index in [0.29, 0.717) is 16.9 Å². The number of hydrazone groups is 1. The van der Waals surface area contributed by atoms with Crippen molar-refractivity contribution in [1.29, 1.82) is 0 Å². The summed E-state index contributed by atoms with van der Waals surface area (Å²) in [4.78, 5) is 4.14. The maximum absolute atomic E-state index is 13.4. The van der Waals surface area contributed by atoms with E-state index >= 15 is 0 Å². The molecule has 2 aromatic carbocycles. The van der Waals surface area contributed by atoms with Crippen LogP contribution in [0.3, 0.4) is 0 Å². The van der Waals surface area contributed by atoms with Crippen LogP contribution in [-0.4, -0.2) is 11.2 Å². The van der Waals surface area contributed by atoms with E-state index in [1.165, 1.54) is 11.3 Å². The third-order valence-electron chi connectivity index (χ3n) is 2.89. The number of hydrogen-bond donors (Lipinski definition) is 1. The molecule has 0 atom stereocenters. The van der Waals surface area contributed by atoms with Gasteiger partial charge in [0.15, 0.2) is 23.3 Å². The summed E-state index contributed by atoms with van der Waals surface area (Å²) in [5, 5.41) is 3.79. The van der Waals surface area contributed by atoms with Crippen LogP contribution in [0.2, 0.25) is 0 Å². The van der Waals surface area contributed by atoms with Gasteiger partial charge in [0.25, 0.3) is 0 Å². The number of hydrogen-bond acceptors (Lipinski definition) is 4. The second-order valence-electron chi connectivity index (χ2n) is 4.34. The molecule has 3 nitrogen and oxygen atoms in total. The van der Waals surface area contributed by atoms with Crippen molar-refractivity contribution in [2.24, 2.45) is 5.10 Å². The van der Waals surface area contributed by atoms with Gasteiger partial charge in [-0.25, -0.2) is 26.9 Å². The molecule has 0 fully saturated rings. The van der Waals surface area contributed by atoms with E-state index in [0.717, 1.165) is 4.70 Å². The molecule has 0 saturated heterocycles. The maximum atomic E-state index is 13.4. The zero-order valence-corrected chi connectivity index (χ0v) is 11.9. The molecule has 118 valence electrons. The minimum Gasteiger partial charge on any atom is -0.253 e. The van der Waals surface area contributed by atoms with Crippen molar-refractivity contribution in [3.8, 4) is 0 Å². The SMILES string of the molecule is Fc1c(F)c(F)c(/C=N/Nc2nc3ccccc3s2)c(F)c1F. The first kappa shape index (κ1) is 15.3. The fourth-order valence-corrected chi connectivity index (χ4v) is 2.62. The average Bonchev–Trinajstić information content (AvgIpc) is 2.97. The molecule has 1 aromatic heterocycles. The number of aromatic nitrogens is 1. The highest BCUT2D eigenvalue weighted by atomic mass is 32.1. The van der Waals surface area contributed by atoms with Crippen molar-refractivity contribution in [2.45, 2.75) is 0 Å². The van der Waals surface area contributed by atoms with Crippen molar-refractivity contribution in [3.63, 3.8) is 0 Å². The third-order valence-corrected chi connectivity index (χ3v) is 3.83. The minimum atomic E-state index is -2.21. The van der Waals surface area contributed by atoms with Crippen molar-refractivity contribution >= 4 is 32.9 Å². The van der Waals surface area contributed by atoms with E-state index in [2.05, 4.69) is 15.5 Å². The van der Waals surface area contributed by atoms with Gasteiger partial charge in [0, 0.05) is 0 Å².